The first-order valence-corrected chi connectivity index (χ1v) is 7.44. The molecule has 2 aliphatic rings. The van der Waals surface area contributed by atoms with Gasteiger partial charge in [0.25, 0.3) is 0 Å². The number of anilines is 1. The largest absolute Gasteiger partial charge is 0.274 e. The lowest BCUT2D eigenvalue weighted by Gasteiger charge is -2.25. The zero-order valence-electron chi connectivity index (χ0n) is 12.3. The van der Waals surface area contributed by atoms with Crippen LogP contribution in [0.1, 0.15) is 37.3 Å². The normalized spacial score (nSPS) is 29.8. The third-order valence-corrected chi connectivity index (χ3v) is 4.94. The Morgan fingerprint density at radius 3 is 2.40 bits per heavy atom. The van der Waals surface area contributed by atoms with Gasteiger partial charge in [0.15, 0.2) is 0 Å². The van der Waals surface area contributed by atoms with Crippen LogP contribution in [0.4, 0.5) is 5.69 Å². The summed E-state index contributed by atoms with van der Waals surface area (Å²) in [4.78, 5) is 26.6. The summed E-state index contributed by atoms with van der Waals surface area (Å²) in [6, 6.07) is 5.82. The maximum atomic E-state index is 12.6. The number of benzene rings is 1. The molecule has 2 amide bonds. The molecule has 0 N–H and O–H groups in total. The summed E-state index contributed by atoms with van der Waals surface area (Å²) in [7, 11) is 0. The van der Waals surface area contributed by atoms with E-state index < -0.39 is 0 Å². The van der Waals surface area contributed by atoms with E-state index in [1.165, 1.54) is 10.5 Å². The number of amides is 2. The highest BCUT2D eigenvalue weighted by Gasteiger charge is 2.49. The predicted molar refractivity (Wildman–Crippen MR) is 78.4 cm³/mol. The van der Waals surface area contributed by atoms with Crippen molar-refractivity contribution in [3.8, 4) is 0 Å². The molecule has 1 aromatic carbocycles. The smallest absolute Gasteiger partial charge is 0.237 e. The van der Waals surface area contributed by atoms with Crippen molar-refractivity contribution in [3.05, 3.63) is 29.3 Å². The molecule has 1 aliphatic heterocycles. The first-order chi connectivity index (χ1) is 9.49. The number of imide groups is 1. The van der Waals surface area contributed by atoms with Crippen LogP contribution in [0.15, 0.2) is 18.2 Å². The average molecular weight is 271 g/mol. The Labute approximate surface area is 120 Å². The van der Waals surface area contributed by atoms with Gasteiger partial charge in [0.05, 0.1) is 17.5 Å². The van der Waals surface area contributed by atoms with Gasteiger partial charge in [0, 0.05) is 0 Å². The molecule has 1 saturated heterocycles. The highest BCUT2D eigenvalue weighted by molar-refractivity contribution is 6.22. The second kappa shape index (κ2) is 4.72. The van der Waals surface area contributed by atoms with Crippen molar-refractivity contribution in [1.82, 2.24) is 0 Å². The molecule has 2 fully saturated rings. The van der Waals surface area contributed by atoms with E-state index in [4.69, 9.17) is 0 Å². The molecule has 1 aliphatic carbocycles. The predicted octanol–water partition coefficient (Wildman–Crippen LogP) is 3.23. The van der Waals surface area contributed by atoms with E-state index in [0.29, 0.717) is 5.92 Å². The second-order valence-electron chi connectivity index (χ2n) is 6.41. The molecule has 3 rings (SSSR count). The lowest BCUT2D eigenvalue weighted by molar-refractivity contribution is -0.122. The van der Waals surface area contributed by atoms with Crippen LogP contribution in [-0.2, 0) is 9.59 Å². The van der Waals surface area contributed by atoms with Gasteiger partial charge >= 0.3 is 0 Å². The van der Waals surface area contributed by atoms with Crippen molar-refractivity contribution in [2.45, 2.75) is 40.0 Å². The molecule has 1 aromatic rings. The summed E-state index contributed by atoms with van der Waals surface area (Å²) < 4.78 is 0. The fourth-order valence-corrected chi connectivity index (χ4v) is 3.51. The molecular formula is C17H21NO2. The van der Waals surface area contributed by atoms with Crippen molar-refractivity contribution in [2.75, 3.05) is 4.90 Å². The molecule has 0 bridgehead atoms. The fraction of sp³-hybridized carbons (Fsp3) is 0.529. The molecule has 20 heavy (non-hydrogen) atoms. The summed E-state index contributed by atoms with van der Waals surface area (Å²) in [6.45, 7) is 6.22. The van der Waals surface area contributed by atoms with E-state index in [0.717, 1.165) is 30.5 Å². The lowest BCUT2D eigenvalue weighted by atomic mass is 9.76. The van der Waals surface area contributed by atoms with Gasteiger partial charge in [-0.1, -0.05) is 13.0 Å². The zero-order valence-corrected chi connectivity index (χ0v) is 12.3. The van der Waals surface area contributed by atoms with Crippen LogP contribution in [0, 0.1) is 31.6 Å². The molecule has 106 valence electrons. The minimum absolute atomic E-state index is 0.00908. The molecule has 0 unspecified atom stereocenters. The molecular weight excluding hydrogens is 250 g/mol. The zero-order chi connectivity index (χ0) is 14.4. The molecule has 0 aromatic heterocycles. The third-order valence-electron chi connectivity index (χ3n) is 4.94. The maximum Gasteiger partial charge on any atom is 0.237 e. The van der Waals surface area contributed by atoms with Gasteiger partial charge in [-0.15, -0.1) is 0 Å². The van der Waals surface area contributed by atoms with Crippen LogP contribution in [0.2, 0.25) is 0 Å². The number of hydrogen-bond donors (Lipinski definition) is 0. The van der Waals surface area contributed by atoms with Crippen molar-refractivity contribution >= 4 is 17.5 Å². The lowest BCUT2D eigenvalue weighted by Crippen LogP contribution is -2.30. The molecule has 0 radical (unpaired) electrons. The van der Waals surface area contributed by atoms with E-state index in [9.17, 15) is 9.59 Å². The minimum Gasteiger partial charge on any atom is -0.274 e. The first kappa shape index (κ1) is 13.3. The number of carbonyl (C=O) groups is 2. The van der Waals surface area contributed by atoms with Crippen LogP contribution < -0.4 is 4.90 Å². The van der Waals surface area contributed by atoms with Crippen LogP contribution in [0.25, 0.3) is 0 Å². The average Bonchev–Trinajstić information content (AvgIpc) is 2.65. The van der Waals surface area contributed by atoms with Crippen molar-refractivity contribution in [3.63, 3.8) is 0 Å². The minimum atomic E-state index is -0.0899. The summed E-state index contributed by atoms with van der Waals surface area (Å²) in [5, 5.41) is 0. The van der Waals surface area contributed by atoms with E-state index in [1.54, 1.807) is 0 Å². The van der Waals surface area contributed by atoms with Gasteiger partial charge in [-0.2, -0.15) is 0 Å². The number of rotatable bonds is 1. The maximum absolute atomic E-state index is 12.6. The Hall–Kier alpha value is -1.64. The number of fused-ring (bicyclic) bond motifs is 1. The molecule has 0 spiro atoms. The van der Waals surface area contributed by atoms with Crippen LogP contribution in [0.5, 0.6) is 0 Å². The van der Waals surface area contributed by atoms with E-state index in [-0.39, 0.29) is 23.7 Å². The number of nitrogens with zero attached hydrogens (tertiary/aromatic N) is 1. The third kappa shape index (κ3) is 1.96. The second-order valence-corrected chi connectivity index (χ2v) is 6.41. The standard InChI is InChI=1S/C17H21NO2/c1-10-4-7-14-15(8-10)17(20)18(16(14)19)13-6-5-11(2)12(3)9-13/h5-6,9-10,14-15H,4,7-8H2,1-3H3/t10-,14+,15+/m0/s1. The number of hydrogen-bond acceptors (Lipinski definition) is 2. The van der Waals surface area contributed by atoms with Crippen LogP contribution >= 0.6 is 0 Å². The van der Waals surface area contributed by atoms with Crippen molar-refractivity contribution in [2.24, 2.45) is 17.8 Å². The van der Waals surface area contributed by atoms with Gasteiger partial charge in [-0.3, -0.25) is 14.5 Å². The summed E-state index contributed by atoms with van der Waals surface area (Å²) in [5.74, 6) is 0.394. The number of carbonyl (C=O) groups excluding carboxylic acids is 2. The van der Waals surface area contributed by atoms with Crippen LogP contribution in [-0.4, -0.2) is 11.8 Å². The molecule has 3 nitrogen and oxygen atoms in total. The van der Waals surface area contributed by atoms with E-state index in [1.807, 2.05) is 32.0 Å². The van der Waals surface area contributed by atoms with E-state index >= 15 is 0 Å². The fourth-order valence-electron chi connectivity index (χ4n) is 3.51. The Balaban J connectivity index is 1.96. The Kier molecular flexibility index (Phi) is 3.15. The molecule has 1 saturated carbocycles. The highest BCUT2D eigenvalue weighted by Crippen LogP contribution is 2.42. The summed E-state index contributed by atoms with van der Waals surface area (Å²) in [6.07, 6.45) is 2.77. The van der Waals surface area contributed by atoms with E-state index in [2.05, 4.69) is 6.92 Å². The molecule has 3 atom stereocenters. The Bertz CT molecular complexity index is 578. The van der Waals surface area contributed by atoms with Crippen LogP contribution in [0.3, 0.4) is 0 Å². The van der Waals surface area contributed by atoms with Gasteiger partial charge in [-0.05, 0) is 62.3 Å². The van der Waals surface area contributed by atoms with Gasteiger partial charge in [0.2, 0.25) is 11.8 Å². The number of aryl methyl sites for hydroxylation is 2. The van der Waals surface area contributed by atoms with Gasteiger partial charge in [0.1, 0.15) is 0 Å². The first-order valence-electron chi connectivity index (χ1n) is 7.44. The van der Waals surface area contributed by atoms with Gasteiger partial charge < -0.3 is 0 Å². The molecule has 1 heterocycles. The SMILES string of the molecule is Cc1ccc(N2C(=O)[C@@H]3CC[C@H](C)C[C@H]3C2=O)cc1C. The van der Waals surface area contributed by atoms with Gasteiger partial charge in [-0.25, -0.2) is 0 Å². The Morgan fingerprint density at radius 2 is 1.70 bits per heavy atom. The quantitative estimate of drug-likeness (QED) is 0.735. The summed E-state index contributed by atoms with van der Waals surface area (Å²) >= 11 is 0. The highest BCUT2D eigenvalue weighted by atomic mass is 16.2. The van der Waals surface area contributed by atoms with Crippen molar-refractivity contribution in [1.29, 1.82) is 0 Å². The monoisotopic (exact) mass is 271 g/mol. The summed E-state index contributed by atoms with van der Waals surface area (Å²) in [5.41, 5.74) is 3.04. The molecule has 3 heteroatoms. The van der Waals surface area contributed by atoms with Crippen molar-refractivity contribution < 1.29 is 9.59 Å². The topological polar surface area (TPSA) is 37.4 Å². The Morgan fingerprint density at radius 1 is 1.00 bits per heavy atom.